The SMILES string of the molecule is O=C(OC(C(F)(F)F)(C(F)(F)F)C(F)(F)S(=O)(=O)OF)C12CC3CC(CC(C3)C1)C2.c1ccc([S+](c2ccccc2)c2ccccc2)cc1. The van der Waals surface area contributed by atoms with Gasteiger partial charge in [-0.05, 0) is 97.2 Å². The molecule has 266 valence electrons. The molecule has 4 aliphatic rings. The molecule has 3 aromatic carbocycles. The van der Waals surface area contributed by atoms with Crippen molar-refractivity contribution < 1.29 is 62.0 Å². The molecule has 3 aromatic rings. The Morgan fingerprint density at radius 1 is 0.633 bits per heavy atom. The Morgan fingerprint density at radius 2 is 0.959 bits per heavy atom. The van der Waals surface area contributed by atoms with E-state index in [0.29, 0.717) is 19.3 Å². The van der Waals surface area contributed by atoms with Crippen molar-refractivity contribution in [2.75, 3.05) is 0 Å². The molecule has 0 atom stereocenters. The second kappa shape index (κ2) is 13.5. The lowest BCUT2D eigenvalue weighted by Crippen LogP contribution is -2.72. The topological polar surface area (TPSA) is 69.7 Å². The first-order valence-corrected chi connectivity index (χ1v) is 17.7. The molecule has 5 nitrogen and oxygen atoms in total. The smallest absolute Gasteiger partial charge is 0.433 e. The van der Waals surface area contributed by atoms with Crippen LogP contribution in [0.1, 0.15) is 38.5 Å². The van der Waals surface area contributed by atoms with Gasteiger partial charge in [-0.2, -0.15) is 43.5 Å². The highest BCUT2D eigenvalue weighted by molar-refractivity contribution is 7.97. The van der Waals surface area contributed by atoms with Gasteiger partial charge in [0.1, 0.15) is 0 Å². The first kappa shape index (κ1) is 37.0. The van der Waals surface area contributed by atoms with Gasteiger partial charge in [-0.3, -0.25) is 4.79 Å². The molecule has 0 aliphatic heterocycles. The average Bonchev–Trinajstić information content (AvgIpc) is 3.03. The molecule has 0 unspecified atom stereocenters. The number of esters is 1. The minimum Gasteiger partial charge on any atom is -0.433 e. The third kappa shape index (κ3) is 6.79. The summed E-state index contributed by atoms with van der Waals surface area (Å²) in [5.74, 6) is -2.83. The highest BCUT2D eigenvalue weighted by Crippen LogP contribution is 2.63. The minimum atomic E-state index is -7.44. The molecule has 16 heteroatoms. The second-order valence-electron chi connectivity index (χ2n) is 12.5. The summed E-state index contributed by atoms with van der Waals surface area (Å²) in [6.45, 7) is 0. The Labute approximate surface area is 279 Å². The molecule has 0 N–H and O–H groups in total. The van der Waals surface area contributed by atoms with Crippen molar-refractivity contribution in [3.63, 3.8) is 0 Å². The maximum atomic E-state index is 14.2. The van der Waals surface area contributed by atoms with Crippen LogP contribution in [0.4, 0.5) is 39.6 Å². The van der Waals surface area contributed by atoms with Crippen molar-refractivity contribution in [2.45, 2.75) is 76.4 Å². The summed E-state index contributed by atoms with van der Waals surface area (Å²) in [5, 5.41) is -7.07. The summed E-state index contributed by atoms with van der Waals surface area (Å²) in [4.78, 5) is 16.7. The van der Waals surface area contributed by atoms with Gasteiger partial charge in [0.05, 0.1) is 16.3 Å². The van der Waals surface area contributed by atoms with Crippen LogP contribution in [0.3, 0.4) is 0 Å². The number of hydrogen-bond acceptors (Lipinski definition) is 5. The Balaban J connectivity index is 0.000000211. The van der Waals surface area contributed by atoms with E-state index in [1.165, 1.54) is 14.7 Å². The second-order valence-corrected chi connectivity index (χ2v) is 16.1. The fraction of sp³-hybridized carbons (Fsp3) is 0.424. The van der Waals surface area contributed by atoms with E-state index >= 15 is 0 Å². The zero-order valence-electron chi connectivity index (χ0n) is 25.4. The van der Waals surface area contributed by atoms with Crippen LogP contribution >= 0.6 is 0 Å². The van der Waals surface area contributed by atoms with Crippen LogP contribution in [0.5, 0.6) is 0 Å². The van der Waals surface area contributed by atoms with Gasteiger partial charge < -0.3 is 4.74 Å². The average molecular weight is 742 g/mol. The molecule has 4 aliphatic carbocycles. The van der Waals surface area contributed by atoms with E-state index in [2.05, 4.69) is 95.7 Å². The lowest BCUT2D eigenvalue weighted by Gasteiger charge is -2.55. The Kier molecular flexibility index (Phi) is 10.2. The van der Waals surface area contributed by atoms with E-state index in [-0.39, 0.29) is 47.9 Å². The lowest BCUT2D eigenvalue weighted by atomic mass is 9.49. The molecule has 49 heavy (non-hydrogen) atoms. The van der Waals surface area contributed by atoms with E-state index < -0.39 is 44.7 Å². The van der Waals surface area contributed by atoms with Gasteiger partial charge in [0.25, 0.3) is 0 Å². The van der Waals surface area contributed by atoms with Crippen LogP contribution < -0.4 is 0 Å². The number of ether oxygens (including phenoxy) is 1. The van der Waals surface area contributed by atoms with Crippen molar-refractivity contribution in [1.82, 2.24) is 0 Å². The van der Waals surface area contributed by atoms with E-state index in [4.69, 9.17) is 0 Å². The molecule has 0 spiro atoms. The van der Waals surface area contributed by atoms with Gasteiger partial charge in [0, 0.05) is 0 Å². The lowest BCUT2D eigenvalue weighted by molar-refractivity contribution is -0.409. The quantitative estimate of drug-likeness (QED) is 0.131. The maximum Gasteiger partial charge on any atom is 0.445 e. The van der Waals surface area contributed by atoms with Gasteiger partial charge in [-0.1, -0.05) is 59.0 Å². The van der Waals surface area contributed by atoms with Crippen molar-refractivity contribution in [2.24, 2.45) is 23.2 Å². The van der Waals surface area contributed by atoms with Crippen molar-refractivity contribution >= 4 is 27.0 Å². The molecular weight excluding hydrogens is 711 g/mol. The summed E-state index contributed by atoms with van der Waals surface area (Å²) < 4.78 is 148. The van der Waals surface area contributed by atoms with Gasteiger partial charge in [-0.15, -0.1) is 0 Å². The van der Waals surface area contributed by atoms with Crippen LogP contribution in [0.25, 0.3) is 0 Å². The molecule has 4 bridgehead atoms. The monoisotopic (exact) mass is 741 g/mol. The standard InChI is InChI=1S/C18H15S.C15H15F9O5S/c1-4-10-16(11-5-1)19(17-12-6-2-7-13-17)18-14-8-3-9-15-18;16-13(17,18)12(14(19,20)21,15(22,23)30(26,27)29-24)28-10(25)11-4-7-1-8(5-11)3-9(2-7)6-11/h1-15H;7-9H,1-6H2/q+1;. The number of carbonyl (C=O) groups is 1. The maximum absolute atomic E-state index is 14.2. The number of carbonyl (C=O) groups excluding carboxylic acids is 1. The summed E-state index contributed by atoms with van der Waals surface area (Å²) in [6.07, 6.45) is -13.1. The fourth-order valence-corrected chi connectivity index (χ4v) is 10.4. The van der Waals surface area contributed by atoms with Crippen molar-refractivity contribution in [3.8, 4) is 0 Å². The highest BCUT2D eigenvalue weighted by atomic mass is 32.2. The minimum absolute atomic E-state index is 0.0146. The predicted molar refractivity (Wildman–Crippen MR) is 159 cm³/mol. The van der Waals surface area contributed by atoms with Gasteiger partial charge >= 0.3 is 39.3 Å². The van der Waals surface area contributed by atoms with Crippen LogP contribution in [0.15, 0.2) is 106 Å². The Hall–Kier alpha value is -3.24. The highest BCUT2D eigenvalue weighted by Gasteiger charge is 2.91. The third-order valence-corrected chi connectivity index (χ3v) is 12.6. The van der Waals surface area contributed by atoms with E-state index in [0.717, 1.165) is 0 Å². The summed E-state index contributed by atoms with van der Waals surface area (Å²) in [5.41, 5.74) is -8.74. The fourth-order valence-electron chi connectivity index (χ4n) is 7.57. The molecule has 4 saturated carbocycles. The van der Waals surface area contributed by atoms with Gasteiger partial charge in [0.15, 0.2) is 14.7 Å². The van der Waals surface area contributed by atoms with Crippen LogP contribution in [0.2, 0.25) is 0 Å². The van der Waals surface area contributed by atoms with Gasteiger partial charge in [-0.25, -0.2) is 0 Å². The van der Waals surface area contributed by atoms with E-state index in [9.17, 15) is 52.9 Å². The molecule has 0 aromatic heterocycles. The van der Waals surface area contributed by atoms with Crippen LogP contribution in [-0.4, -0.2) is 37.6 Å². The number of rotatable bonds is 8. The van der Waals surface area contributed by atoms with Crippen molar-refractivity contribution in [1.29, 1.82) is 0 Å². The molecular formula is C33H30F9O5S2+. The first-order chi connectivity index (χ1) is 22.9. The summed E-state index contributed by atoms with van der Waals surface area (Å²) >= 11 is 0. The number of benzene rings is 3. The normalized spacial score (nSPS) is 23.9. The molecule has 0 radical (unpaired) electrons. The van der Waals surface area contributed by atoms with E-state index in [1.807, 2.05) is 0 Å². The number of alkyl halides is 8. The predicted octanol–water partition coefficient (Wildman–Crippen LogP) is 9.22. The summed E-state index contributed by atoms with van der Waals surface area (Å²) in [6, 6.07) is 32.2. The Morgan fingerprint density at radius 3 is 1.24 bits per heavy atom. The number of halogens is 9. The number of hydrogen-bond donors (Lipinski definition) is 0. The molecule has 0 amide bonds. The third-order valence-electron chi connectivity index (χ3n) is 9.26. The van der Waals surface area contributed by atoms with Gasteiger partial charge in [0.2, 0.25) is 0 Å². The largest absolute Gasteiger partial charge is 0.445 e. The van der Waals surface area contributed by atoms with Crippen LogP contribution in [0, 0.1) is 23.2 Å². The molecule has 7 rings (SSSR count). The van der Waals surface area contributed by atoms with Crippen LogP contribution in [-0.2, 0) is 34.9 Å². The molecule has 4 fully saturated rings. The Bertz CT molecular complexity index is 1560. The molecule has 0 saturated heterocycles. The zero-order chi connectivity index (χ0) is 35.9. The first-order valence-electron chi connectivity index (χ1n) is 15.1. The van der Waals surface area contributed by atoms with E-state index in [1.54, 1.807) is 4.39 Å². The van der Waals surface area contributed by atoms with Crippen molar-refractivity contribution in [3.05, 3.63) is 91.0 Å². The molecule has 0 heterocycles. The summed E-state index contributed by atoms with van der Waals surface area (Å²) in [7, 11) is -7.46. The zero-order valence-corrected chi connectivity index (χ0v) is 27.0.